The lowest BCUT2D eigenvalue weighted by Gasteiger charge is -2.26. The highest BCUT2D eigenvalue weighted by molar-refractivity contribution is 7.17. The highest BCUT2D eigenvalue weighted by atomic mass is 35.5. The van der Waals surface area contributed by atoms with Gasteiger partial charge in [0.05, 0.1) is 43.1 Å². The lowest BCUT2D eigenvalue weighted by Crippen LogP contribution is -2.37. The summed E-state index contributed by atoms with van der Waals surface area (Å²) >= 11 is 7.43. The molecule has 7 nitrogen and oxygen atoms in total. The first kappa shape index (κ1) is 24.6. The van der Waals surface area contributed by atoms with Crippen molar-refractivity contribution in [3.8, 4) is 11.1 Å². The van der Waals surface area contributed by atoms with Crippen LogP contribution in [-0.4, -0.2) is 44.8 Å². The lowest BCUT2D eigenvalue weighted by molar-refractivity contribution is -0.0577. The van der Waals surface area contributed by atoms with E-state index < -0.39 is 6.10 Å². The molecule has 0 amide bonds. The number of aliphatic hydroxyl groups excluding tert-OH is 1. The number of furan rings is 1. The SMILES string of the molecule is CC(C)(C)OC[C@H](O)CN(Cc1nc2scc(-c3ccc(Cl)cc3)c2c(=O)[nH]1)Cc1ccco1. The summed E-state index contributed by atoms with van der Waals surface area (Å²) in [5.41, 5.74) is 1.21. The fourth-order valence-electron chi connectivity index (χ4n) is 3.63. The van der Waals surface area contributed by atoms with Gasteiger partial charge in [0.15, 0.2) is 0 Å². The maximum Gasteiger partial charge on any atom is 0.260 e. The number of nitrogens with zero attached hydrogens (tertiary/aromatic N) is 2. The van der Waals surface area contributed by atoms with Crippen LogP contribution in [0.25, 0.3) is 21.3 Å². The third kappa shape index (κ3) is 6.34. The Hall–Kier alpha value is -2.49. The number of rotatable bonds is 9. The van der Waals surface area contributed by atoms with Crippen LogP contribution in [0, 0.1) is 0 Å². The van der Waals surface area contributed by atoms with Crippen molar-refractivity contribution in [2.75, 3.05) is 13.2 Å². The highest BCUT2D eigenvalue weighted by Crippen LogP contribution is 2.31. The molecular formula is C25H28ClN3O4S. The summed E-state index contributed by atoms with van der Waals surface area (Å²) in [4.78, 5) is 23.3. The summed E-state index contributed by atoms with van der Waals surface area (Å²) in [5, 5.41) is 13.7. The van der Waals surface area contributed by atoms with E-state index in [-0.39, 0.29) is 17.8 Å². The first-order chi connectivity index (χ1) is 16.2. The van der Waals surface area contributed by atoms with Gasteiger partial charge < -0.3 is 19.2 Å². The van der Waals surface area contributed by atoms with E-state index in [1.54, 1.807) is 18.4 Å². The topological polar surface area (TPSA) is 91.6 Å². The second-order valence-electron chi connectivity index (χ2n) is 9.18. The Morgan fingerprint density at radius 1 is 1.24 bits per heavy atom. The van der Waals surface area contributed by atoms with Gasteiger partial charge in [-0.05, 0) is 50.6 Å². The summed E-state index contributed by atoms with van der Waals surface area (Å²) in [7, 11) is 0. The standard InChI is InChI=1S/C25H28ClN3O4S/c1-25(2,3)33-14-18(30)11-29(12-19-5-4-10-32-19)13-21-27-23(31)22-20(15-34-24(22)28-21)16-6-8-17(26)9-7-16/h4-10,15,18,30H,11-14H2,1-3H3,(H,27,28,31)/t18-/m1/s1. The van der Waals surface area contributed by atoms with Gasteiger partial charge in [-0.15, -0.1) is 11.3 Å². The molecule has 4 rings (SSSR count). The predicted molar refractivity (Wildman–Crippen MR) is 135 cm³/mol. The van der Waals surface area contributed by atoms with E-state index >= 15 is 0 Å². The molecule has 0 aliphatic heterocycles. The quantitative estimate of drug-likeness (QED) is 0.332. The highest BCUT2D eigenvalue weighted by Gasteiger charge is 2.20. The molecule has 34 heavy (non-hydrogen) atoms. The zero-order chi connectivity index (χ0) is 24.3. The van der Waals surface area contributed by atoms with Crippen molar-refractivity contribution in [2.24, 2.45) is 0 Å². The summed E-state index contributed by atoms with van der Waals surface area (Å²) in [6, 6.07) is 11.1. The number of H-pyrrole nitrogens is 1. The van der Waals surface area contributed by atoms with E-state index in [0.717, 1.165) is 16.9 Å². The molecule has 4 aromatic rings. The molecule has 0 aliphatic rings. The molecule has 3 heterocycles. The molecule has 180 valence electrons. The molecule has 0 radical (unpaired) electrons. The molecule has 0 spiro atoms. The van der Waals surface area contributed by atoms with E-state index in [0.29, 0.717) is 40.7 Å². The fraction of sp³-hybridized carbons (Fsp3) is 0.360. The first-order valence-electron chi connectivity index (χ1n) is 11.0. The molecule has 1 aromatic carbocycles. The number of benzene rings is 1. The maximum atomic E-state index is 13.0. The van der Waals surface area contributed by atoms with Crippen LogP contribution < -0.4 is 5.56 Å². The largest absolute Gasteiger partial charge is 0.468 e. The van der Waals surface area contributed by atoms with E-state index in [1.165, 1.54) is 11.3 Å². The lowest BCUT2D eigenvalue weighted by atomic mass is 10.1. The van der Waals surface area contributed by atoms with Crippen LogP contribution >= 0.6 is 22.9 Å². The zero-order valence-corrected chi connectivity index (χ0v) is 20.9. The third-order valence-corrected chi connectivity index (χ3v) is 6.28. The average Bonchev–Trinajstić information content (AvgIpc) is 3.42. The Labute approximate surface area is 207 Å². The fourth-order valence-corrected chi connectivity index (χ4v) is 4.72. The van der Waals surface area contributed by atoms with Crippen molar-refractivity contribution in [1.29, 1.82) is 0 Å². The number of aliphatic hydroxyl groups is 1. The number of fused-ring (bicyclic) bond motifs is 1. The van der Waals surface area contributed by atoms with E-state index in [9.17, 15) is 9.90 Å². The van der Waals surface area contributed by atoms with Gasteiger partial charge in [0, 0.05) is 22.5 Å². The number of hydrogen-bond donors (Lipinski definition) is 2. The van der Waals surface area contributed by atoms with Gasteiger partial charge in [0.25, 0.3) is 5.56 Å². The zero-order valence-electron chi connectivity index (χ0n) is 19.4. The summed E-state index contributed by atoms with van der Waals surface area (Å²) in [6.07, 6.45) is 0.908. The van der Waals surface area contributed by atoms with Crippen LogP contribution in [0.15, 0.2) is 57.3 Å². The Morgan fingerprint density at radius 3 is 2.68 bits per heavy atom. The van der Waals surface area contributed by atoms with Gasteiger partial charge in [0.1, 0.15) is 16.4 Å². The molecule has 0 saturated carbocycles. The number of aromatic nitrogens is 2. The summed E-state index contributed by atoms with van der Waals surface area (Å²) < 4.78 is 11.2. The molecular weight excluding hydrogens is 474 g/mol. The number of ether oxygens (including phenoxy) is 1. The van der Waals surface area contributed by atoms with Gasteiger partial charge in [0.2, 0.25) is 0 Å². The monoisotopic (exact) mass is 501 g/mol. The minimum atomic E-state index is -0.706. The van der Waals surface area contributed by atoms with Crippen LogP contribution in [0.4, 0.5) is 0 Å². The smallest absolute Gasteiger partial charge is 0.260 e. The first-order valence-corrected chi connectivity index (χ1v) is 12.3. The van der Waals surface area contributed by atoms with Crippen molar-refractivity contribution >= 4 is 33.2 Å². The van der Waals surface area contributed by atoms with Gasteiger partial charge in [-0.2, -0.15) is 0 Å². The van der Waals surface area contributed by atoms with Crippen LogP contribution in [0.3, 0.4) is 0 Å². The van der Waals surface area contributed by atoms with Crippen LogP contribution in [0.5, 0.6) is 0 Å². The second kappa shape index (κ2) is 10.4. The van der Waals surface area contributed by atoms with Crippen molar-refractivity contribution in [2.45, 2.75) is 45.6 Å². The Bertz CT molecular complexity index is 1280. The summed E-state index contributed by atoms with van der Waals surface area (Å²) in [5.74, 6) is 1.28. The number of aromatic amines is 1. The number of halogens is 1. The predicted octanol–water partition coefficient (Wildman–Crippen LogP) is 5.08. The van der Waals surface area contributed by atoms with Crippen molar-refractivity contribution in [1.82, 2.24) is 14.9 Å². The average molecular weight is 502 g/mol. The number of nitrogens with one attached hydrogen (secondary N) is 1. The van der Waals surface area contributed by atoms with Crippen molar-refractivity contribution < 1.29 is 14.3 Å². The molecule has 9 heteroatoms. The van der Waals surface area contributed by atoms with Crippen molar-refractivity contribution in [3.05, 3.63) is 75.0 Å². The molecule has 0 saturated heterocycles. The Morgan fingerprint density at radius 2 is 2.00 bits per heavy atom. The molecule has 1 atom stereocenters. The Kier molecular flexibility index (Phi) is 7.54. The minimum Gasteiger partial charge on any atom is -0.468 e. The maximum absolute atomic E-state index is 13.0. The third-order valence-electron chi connectivity index (χ3n) is 5.16. The van der Waals surface area contributed by atoms with E-state index in [4.69, 9.17) is 25.7 Å². The van der Waals surface area contributed by atoms with Gasteiger partial charge >= 0.3 is 0 Å². The van der Waals surface area contributed by atoms with Gasteiger partial charge in [-0.3, -0.25) is 9.69 Å². The minimum absolute atomic E-state index is 0.194. The number of hydrogen-bond acceptors (Lipinski definition) is 7. The van der Waals surface area contributed by atoms with Gasteiger partial charge in [-0.1, -0.05) is 23.7 Å². The molecule has 0 bridgehead atoms. The van der Waals surface area contributed by atoms with Gasteiger partial charge in [-0.25, -0.2) is 4.98 Å². The van der Waals surface area contributed by atoms with E-state index in [1.807, 2.05) is 55.3 Å². The molecule has 2 N–H and O–H groups in total. The molecule has 0 aliphatic carbocycles. The molecule has 3 aromatic heterocycles. The molecule has 0 unspecified atom stereocenters. The molecule has 0 fully saturated rings. The Balaban J connectivity index is 1.56. The van der Waals surface area contributed by atoms with Crippen LogP contribution in [0.1, 0.15) is 32.4 Å². The van der Waals surface area contributed by atoms with Crippen LogP contribution in [-0.2, 0) is 17.8 Å². The second-order valence-corrected chi connectivity index (χ2v) is 10.5. The number of thiophene rings is 1. The summed E-state index contributed by atoms with van der Waals surface area (Å²) in [6.45, 7) is 7.18. The normalized spacial score (nSPS) is 13.1. The van der Waals surface area contributed by atoms with Crippen LogP contribution in [0.2, 0.25) is 5.02 Å². The van der Waals surface area contributed by atoms with Crippen molar-refractivity contribution in [3.63, 3.8) is 0 Å². The van der Waals surface area contributed by atoms with E-state index in [2.05, 4.69) is 4.98 Å².